The Labute approximate surface area is 214 Å². The molecule has 1 aromatic carbocycles. The number of piperidine rings is 1. The number of nitrogens with one attached hydrogen (secondary N) is 1. The standard InChI is InChI=1S/C26H32ClFN4O2S/c1-3-5-21(16-20(28)4-2)29-24-23-22(10-15-35(23)34)30-25(31-24)32-13-11-26(17-33,12-14-32)18-6-8-19(27)9-7-18/h5-9,16,33H,3-4,10-15,17H2,1-2H3,(H,29,30,31)/b20-16+,21-5+. The van der Waals surface area contributed by atoms with Crippen molar-refractivity contribution in [1.82, 2.24) is 9.97 Å². The molecule has 6 nitrogen and oxygen atoms in total. The minimum atomic E-state index is -1.19. The second kappa shape index (κ2) is 11.3. The molecule has 0 spiro atoms. The number of allylic oxidation sites excluding steroid dienone is 3. The highest BCUT2D eigenvalue weighted by Crippen LogP contribution is 2.38. The summed E-state index contributed by atoms with van der Waals surface area (Å²) in [6, 6.07) is 7.70. The van der Waals surface area contributed by atoms with Gasteiger partial charge < -0.3 is 19.9 Å². The zero-order valence-electron chi connectivity index (χ0n) is 20.2. The molecule has 2 aromatic rings. The van der Waals surface area contributed by atoms with Crippen LogP contribution in [0.2, 0.25) is 5.02 Å². The highest BCUT2D eigenvalue weighted by Gasteiger charge is 2.38. The summed E-state index contributed by atoms with van der Waals surface area (Å²) in [5.41, 5.74) is 2.13. The largest absolute Gasteiger partial charge is 0.611 e. The first-order valence-electron chi connectivity index (χ1n) is 12.1. The Balaban J connectivity index is 1.61. The predicted molar refractivity (Wildman–Crippen MR) is 140 cm³/mol. The Hall–Kier alpha value is -2.13. The van der Waals surface area contributed by atoms with E-state index in [4.69, 9.17) is 21.6 Å². The average molecular weight is 519 g/mol. The lowest BCUT2D eigenvalue weighted by atomic mass is 9.73. The van der Waals surface area contributed by atoms with Gasteiger partial charge >= 0.3 is 0 Å². The monoisotopic (exact) mass is 518 g/mol. The van der Waals surface area contributed by atoms with E-state index >= 15 is 0 Å². The molecule has 1 fully saturated rings. The second-order valence-corrected chi connectivity index (χ2v) is 11.0. The van der Waals surface area contributed by atoms with Gasteiger partial charge in [0.1, 0.15) is 17.3 Å². The van der Waals surface area contributed by atoms with Crippen LogP contribution < -0.4 is 10.2 Å². The van der Waals surface area contributed by atoms with Gasteiger partial charge in [-0.3, -0.25) is 0 Å². The molecule has 1 saturated heterocycles. The lowest BCUT2D eigenvalue weighted by molar-refractivity contribution is 0.165. The van der Waals surface area contributed by atoms with Crippen molar-refractivity contribution in [3.63, 3.8) is 0 Å². The number of fused-ring (bicyclic) bond motifs is 1. The molecule has 2 N–H and O–H groups in total. The van der Waals surface area contributed by atoms with Crippen LogP contribution in [0.1, 0.15) is 50.8 Å². The fourth-order valence-corrected chi connectivity index (χ4v) is 6.09. The smallest absolute Gasteiger partial charge is 0.227 e. The Morgan fingerprint density at radius 2 is 1.97 bits per heavy atom. The normalized spacial score (nSPS) is 20.2. The van der Waals surface area contributed by atoms with Gasteiger partial charge in [-0.15, -0.1) is 0 Å². The lowest BCUT2D eigenvalue weighted by Gasteiger charge is -2.41. The van der Waals surface area contributed by atoms with Crippen molar-refractivity contribution in [3.8, 4) is 0 Å². The summed E-state index contributed by atoms with van der Waals surface area (Å²) >= 11 is 4.87. The number of hydrogen-bond donors (Lipinski definition) is 2. The van der Waals surface area contributed by atoms with Gasteiger partial charge in [-0.1, -0.05) is 43.7 Å². The second-order valence-electron chi connectivity index (χ2n) is 9.02. The van der Waals surface area contributed by atoms with Crippen LogP contribution in [0.4, 0.5) is 16.2 Å². The molecule has 4 rings (SSSR count). The van der Waals surface area contributed by atoms with Crippen LogP contribution in [0.25, 0.3) is 0 Å². The van der Waals surface area contributed by atoms with Crippen molar-refractivity contribution < 1.29 is 14.0 Å². The molecule has 3 heterocycles. The fourth-order valence-electron chi connectivity index (χ4n) is 4.66. The van der Waals surface area contributed by atoms with E-state index < -0.39 is 11.2 Å². The molecule has 0 saturated carbocycles. The van der Waals surface area contributed by atoms with Crippen molar-refractivity contribution in [3.05, 3.63) is 64.2 Å². The third-order valence-electron chi connectivity index (χ3n) is 6.78. The minimum Gasteiger partial charge on any atom is -0.611 e. The van der Waals surface area contributed by atoms with E-state index in [0.717, 1.165) is 30.5 Å². The van der Waals surface area contributed by atoms with Crippen molar-refractivity contribution >= 4 is 34.5 Å². The number of nitrogens with zero attached hydrogens (tertiary/aromatic N) is 3. The lowest BCUT2D eigenvalue weighted by Crippen LogP contribution is -2.45. The number of anilines is 2. The number of rotatable bonds is 8. The minimum absolute atomic E-state index is 0.0554. The average Bonchev–Trinajstić information content (AvgIpc) is 3.25. The maximum absolute atomic E-state index is 14.0. The van der Waals surface area contributed by atoms with Crippen molar-refractivity contribution in [2.75, 3.05) is 35.7 Å². The maximum atomic E-state index is 14.0. The molecule has 2 aliphatic rings. The van der Waals surface area contributed by atoms with Gasteiger partial charge in [-0.05, 0) is 60.6 Å². The summed E-state index contributed by atoms with van der Waals surface area (Å²) < 4.78 is 26.8. The molecule has 0 radical (unpaired) electrons. The summed E-state index contributed by atoms with van der Waals surface area (Å²) in [6.45, 7) is 5.14. The van der Waals surface area contributed by atoms with Crippen LogP contribution in [0.3, 0.4) is 0 Å². The van der Waals surface area contributed by atoms with Crippen LogP contribution in [-0.4, -0.2) is 45.1 Å². The fraction of sp³-hybridized carbons (Fsp3) is 0.462. The molecule has 9 heteroatoms. The van der Waals surface area contributed by atoms with E-state index in [1.807, 2.05) is 37.3 Å². The molecule has 1 unspecified atom stereocenters. The Bertz CT molecular complexity index is 1100. The van der Waals surface area contributed by atoms with E-state index in [0.29, 0.717) is 59.1 Å². The molecular formula is C26H32ClFN4O2S. The molecule has 0 aliphatic carbocycles. The maximum Gasteiger partial charge on any atom is 0.227 e. The topological polar surface area (TPSA) is 84.3 Å². The molecule has 1 aromatic heterocycles. The number of benzene rings is 1. The number of aliphatic hydroxyl groups excluding tert-OH is 1. The van der Waals surface area contributed by atoms with Gasteiger partial charge in [-0.2, -0.15) is 4.98 Å². The van der Waals surface area contributed by atoms with Crippen LogP contribution >= 0.6 is 11.6 Å². The molecule has 35 heavy (non-hydrogen) atoms. The molecular weight excluding hydrogens is 487 g/mol. The molecule has 0 amide bonds. The van der Waals surface area contributed by atoms with E-state index in [2.05, 4.69) is 10.2 Å². The third kappa shape index (κ3) is 5.66. The van der Waals surface area contributed by atoms with E-state index in [-0.39, 0.29) is 17.8 Å². The van der Waals surface area contributed by atoms with Gasteiger partial charge in [0.15, 0.2) is 5.82 Å². The molecule has 2 aliphatic heterocycles. The number of aryl methyl sites for hydroxylation is 1. The van der Waals surface area contributed by atoms with E-state index in [1.165, 1.54) is 6.08 Å². The van der Waals surface area contributed by atoms with Crippen LogP contribution in [0, 0.1) is 0 Å². The SMILES string of the molecule is CC/C=C(\C=C(\F)CC)Nc1nc(N2CCC(CO)(c3ccc(Cl)cc3)CC2)nc2c1[S+]([O-])CC2. The Morgan fingerprint density at radius 3 is 2.60 bits per heavy atom. The van der Waals surface area contributed by atoms with Crippen molar-refractivity contribution in [1.29, 1.82) is 0 Å². The van der Waals surface area contributed by atoms with Crippen LogP contribution in [-0.2, 0) is 23.0 Å². The summed E-state index contributed by atoms with van der Waals surface area (Å²) in [5, 5.41) is 14.2. The Morgan fingerprint density at radius 1 is 1.26 bits per heavy atom. The van der Waals surface area contributed by atoms with Gasteiger partial charge in [0.25, 0.3) is 0 Å². The van der Waals surface area contributed by atoms with Gasteiger partial charge in [0.2, 0.25) is 10.8 Å². The summed E-state index contributed by atoms with van der Waals surface area (Å²) in [6.07, 6.45) is 6.49. The van der Waals surface area contributed by atoms with Crippen molar-refractivity contribution in [2.45, 2.75) is 56.3 Å². The highest BCUT2D eigenvalue weighted by atomic mass is 35.5. The van der Waals surface area contributed by atoms with Gasteiger partial charge in [0, 0.05) is 35.6 Å². The van der Waals surface area contributed by atoms with Crippen LogP contribution in [0.15, 0.2) is 52.8 Å². The number of aliphatic hydroxyl groups is 1. The first kappa shape index (κ1) is 25.9. The molecule has 1 atom stereocenters. The van der Waals surface area contributed by atoms with E-state index in [1.54, 1.807) is 6.92 Å². The number of halogens is 2. The number of hydrogen-bond acceptors (Lipinski definition) is 6. The first-order valence-corrected chi connectivity index (χ1v) is 13.8. The van der Waals surface area contributed by atoms with E-state index in [9.17, 15) is 14.0 Å². The Kier molecular flexibility index (Phi) is 8.37. The first-order chi connectivity index (χ1) is 16.9. The summed E-state index contributed by atoms with van der Waals surface area (Å²) in [7, 11) is 0. The van der Waals surface area contributed by atoms with Gasteiger partial charge in [-0.25, -0.2) is 9.37 Å². The summed E-state index contributed by atoms with van der Waals surface area (Å²) in [5.74, 6) is 1.34. The highest BCUT2D eigenvalue weighted by molar-refractivity contribution is 7.91. The van der Waals surface area contributed by atoms with Crippen LogP contribution in [0.5, 0.6) is 0 Å². The summed E-state index contributed by atoms with van der Waals surface area (Å²) in [4.78, 5) is 12.3. The van der Waals surface area contributed by atoms with Gasteiger partial charge in [0.05, 0.1) is 6.61 Å². The number of aromatic nitrogens is 2. The van der Waals surface area contributed by atoms with Crippen molar-refractivity contribution in [2.24, 2.45) is 0 Å². The molecule has 188 valence electrons. The zero-order chi connectivity index (χ0) is 25.0. The third-order valence-corrected chi connectivity index (χ3v) is 8.49. The quantitative estimate of drug-likeness (QED) is 0.365. The zero-order valence-corrected chi connectivity index (χ0v) is 21.8. The molecule has 0 bridgehead atoms. The predicted octanol–water partition coefficient (Wildman–Crippen LogP) is 5.29.